The van der Waals surface area contributed by atoms with E-state index in [1.807, 2.05) is 36.0 Å². The van der Waals surface area contributed by atoms with E-state index in [-0.39, 0.29) is 5.44 Å². The van der Waals surface area contributed by atoms with E-state index >= 15 is 0 Å². The van der Waals surface area contributed by atoms with Crippen LogP contribution in [-0.2, 0) is 4.74 Å². The Morgan fingerprint density at radius 3 is 2.76 bits per heavy atom. The molecular weight excluding hydrogens is 254 g/mol. The van der Waals surface area contributed by atoms with E-state index in [4.69, 9.17) is 16.3 Å². The molecule has 2 nitrogen and oxygen atoms in total. The summed E-state index contributed by atoms with van der Waals surface area (Å²) in [6.45, 7) is 0.849. The number of rotatable bonds is 2. The second-order valence-corrected chi connectivity index (χ2v) is 5.51. The Kier molecular flexibility index (Phi) is 3.14. The fourth-order valence-corrected chi connectivity index (χ4v) is 2.93. The average Bonchev–Trinajstić information content (AvgIpc) is 3.00. The molecule has 1 saturated heterocycles. The summed E-state index contributed by atoms with van der Waals surface area (Å²) in [6, 6.07) is 9.93. The topological polar surface area (TPSA) is 14.2 Å². The van der Waals surface area contributed by atoms with Crippen molar-refractivity contribution in [1.82, 2.24) is 4.57 Å². The van der Waals surface area contributed by atoms with Gasteiger partial charge in [0.25, 0.3) is 0 Å². The summed E-state index contributed by atoms with van der Waals surface area (Å²) in [4.78, 5) is 0. The van der Waals surface area contributed by atoms with Gasteiger partial charge in [0.15, 0.2) is 0 Å². The molecule has 1 aliphatic heterocycles. The molecule has 1 aromatic heterocycles. The number of nitrogens with zero attached hydrogens (tertiary/aromatic N) is 1. The molecule has 1 fully saturated rings. The minimum Gasteiger partial charge on any atom is -0.362 e. The van der Waals surface area contributed by atoms with Gasteiger partial charge in [-0.3, -0.25) is 0 Å². The summed E-state index contributed by atoms with van der Waals surface area (Å²) in [5.41, 5.74) is 2.54. The van der Waals surface area contributed by atoms with Gasteiger partial charge in [0.2, 0.25) is 0 Å². The number of ether oxygens (including phenoxy) is 1. The zero-order valence-electron chi connectivity index (χ0n) is 9.17. The van der Waals surface area contributed by atoms with E-state index in [9.17, 15) is 0 Å². The van der Waals surface area contributed by atoms with Crippen molar-refractivity contribution in [3.63, 3.8) is 0 Å². The number of halogens is 1. The number of hydrogen-bond donors (Lipinski definition) is 0. The number of thioether (sulfide) groups is 1. The highest BCUT2D eigenvalue weighted by Gasteiger charge is 2.19. The summed E-state index contributed by atoms with van der Waals surface area (Å²) in [5, 5.41) is 0.760. The van der Waals surface area contributed by atoms with Crippen LogP contribution in [0.4, 0.5) is 0 Å². The average molecular weight is 266 g/mol. The lowest BCUT2D eigenvalue weighted by Gasteiger charge is -2.06. The molecular formula is C13H12ClNOS. The number of aromatic nitrogens is 1. The molecule has 0 saturated carbocycles. The standard InChI is InChI=1S/C13H12ClNOS/c14-11-1-3-12(4-2-11)15-6-5-10(9-15)13-16-7-8-17-13/h1-6,9,13H,7-8H2/t13-/m1/s1. The predicted octanol–water partition coefficient (Wildman–Crippen LogP) is 3.89. The Balaban J connectivity index is 1.86. The van der Waals surface area contributed by atoms with Gasteiger partial charge in [0.05, 0.1) is 6.61 Å². The molecule has 17 heavy (non-hydrogen) atoms. The second kappa shape index (κ2) is 4.77. The normalized spacial score (nSPS) is 19.7. The van der Waals surface area contributed by atoms with Gasteiger partial charge in [-0.05, 0) is 30.3 Å². The van der Waals surface area contributed by atoms with Crippen LogP contribution in [0.1, 0.15) is 11.0 Å². The molecule has 2 heterocycles. The van der Waals surface area contributed by atoms with E-state index in [1.165, 1.54) is 5.56 Å². The van der Waals surface area contributed by atoms with Crippen molar-refractivity contribution in [3.8, 4) is 5.69 Å². The summed E-state index contributed by atoms with van der Waals surface area (Å²) >= 11 is 7.73. The first-order chi connectivity index (χ1) is 8.33. The zero-order valence-corrected chi connectivity index (χ0v) is 10.7. The highest BCUT2D eigenvalue weighted by atomic mass is 35.5. The van der Waals surface area contributed by atoms with Crippen molar-refractivity contribution in [2.75, 3.05) is 12.4 Å². The molecule has 0 amide bonds. The molecule has 0 radical (unpaired) electrons. The maximum Gasteiger partial charge on any atom is 0.130 e. The van der Waals surface area contributed by atoms with Crippen molar-refractivity contribution in [2.45, 2.75) is 5.44 Å². The van der Waals surface area contributed by atoms with Gasteiger partial charge in [-0.2, -0.15) is 0 Å². The second-order valence-electron chi connectivity index (χ2n) is 3.90. The van der Waals surface area contributed by atoms with Crippen LogP contribution in [0.3, 0.4) is 0 Å². The van der Waals surface area contributed by atoms with Gasteiger partial charge in [-0.25, -0.2) is 0 Å². The number of benzene rings is 1. The van der Waals surface area contributed by atoms with Crippen LogP contribution in [0, 0.1) is 0 Å². The fraction of sp³-hybridized carbons (Fsp3) is 0.231. The van der Waals surface area contributed by atoms with Gasteiger partial charge in [0.1, 0.15) is 5.44 Å². The smallest absolute Gasteiger partial charge is 0.130 e. The van der Waals surface area contributed by atoms with E-state index in [0.717, 1.165) is 23.1 Å². The van der Waals surface area contributed by atoms with Crippen LogP contribution >= 0.6 is 23.4 Å². The Bertz CT molecular complexity index is 502. The number of hydrogen-bond acceptors (Lipinski definition) is 2. The van der Waals surface area contributed by atoms with Gasteiger partial charge in [0, 0.05) is 34.4 Å². The first kappa shape index (κ1) is 11.2. The highest BCUT2D eigenvalue weighted by Crippen LogP contribution is 2.35. The van der Waals surface area contributed by atoms with Crippen molar-refractivity contribution in [3.05, 3.63) is 53.3 Å². The van der Waals surface area contributed by atoms with Crippen molar-refractivity contribution in [2.24, 2.45) is 0 Å². The molecule has 2 aromatic rings. The van der Waals surface area contributed by atoms with Crippen LogP contribution in [0.2, 0.25) is 5.02 Å². The third kappa shape index (κ3) is 2.37. The van der Waals surface area contributed by atoms with Gasteiger partial charge in [-0.1, -0.05) is 11.6 Å². The van der Waals surface area contributed by atoms with Crippen LogP contribution in [-0.4, -0.2) is 16.9 Å². The summed E-state index contributed by atoms with van der Waals surface area (Å²) in [7, 11) is 0. The van der Waals surface area contributed by atoms with Crippen LogP contribution in [0.25, 0.3) is 5.69 Å². The molecule has 88 valence electrons. The molecule has 0 aliphatic carbocycles. The van der Waals surface area contributed by atoms with Gasteiger partial charge >= 0.3 is 0 Å². The van der Waals surface area contributed by atoms with Crippen molar-refractivity contribution < 1.29 is 4.74 Å². The first-order valence-corrected chi connectivity index (χ1v) is 6.93. The molecule has 3 rings (SSSR count). The van der Waals surface area contributed by atoms with E-state index in [0.29, 0.717) is 0 Å². The van der Waals surface area contributed by atoms with E-state index in [2.05, 4.69) is 23.0 Å². The minimum absolute atomic E-state index is 0.198. The van der Waals surface area contributed by atoms with E-state index < -0.39 is 0 Å². The SMILES string of the molecule is Clc1ccc(-n2ccc([C@@H]3OCCS3)c2)cc1. The molecule has 1 aliphatic rings. The van der Waals surface area contributed by atoms with E-state index in [1.54, 1.807) is 0 Å². The van der Waals surface area contributed by atoms with Crippen LogP contribution in [0.15, 0.2) is 42.7 Å². The Morgan fingerprint density at radius 1 is 1.24 bits per heavy atom. The molecule has 1 aromatic carbocycles. The Labute approximate surface area is 110 Å². The quantitative estimate of drug-likeness (QED) is 0.818. The minimum atomic E-state index is 0.198. The van der Waals surface area contributed by atoms with Crippen LogP contribution < -0.4 is 0 Å². The molecule has 0 spiro atoms. The third-order valence-electron chi connectivity index (χ3n) is 2.73. The first-order valence-electron chi connectivity index (χ1n) is 5.50. The lowest BCUT2D eigenvalue weighted by molar-refractivity contribution is 0.145. The monoisotopic (exact) mass is 265 g/mol. The molecule has 1 atom stereocenters. The fourth-order valence-electron chi connectivity index (χ4n) is 1.88. The van der Waals surface area contributed by atoms with Gasteiger partial charge < -0.3 is 9.30 Å². The predicted molar refractivity (Wildman–Crippen MR) is 71.9 cm³/mol. The summed E-state index contributed by atoms with van der Waals surface area (Å²) in [5.74, 6) is 1.08. The summed E-state index contributed by atoms with van der Waals surface area (Å²) < 4.78 is 7.73. The highest BCUT2D eigenvalue weighted by molar-refractivity contribution is 7.99. The maximum absolute atomic E-state index is 5.88. The zero-order chi connectivity index (χ0) is 11.7. The lowest BCUT2D eigenvalue weighted by Crippen LogP contribution is -1.92. The largest absolute Gasteiger partial charge is 0.362 e. The third-order valence-corrected chi connectivity index (χ3v) is 4.10. The molecule has 0 bridgehead atoms. The maximum atomic E-state index is 5.88. The van der Waals surface area contributed by atoms with Crippen molar-refractivity contribution in [1.29, 1.82) is 0 Å². The van der Waals surface area contributed by atoms with Crippen molar-refractivity contribution >= 4 is 23.4 Å². The Morgan fingerprint density at radius 2 is 2.06 bits per heavy atom. The molecule has 0 unspecified atom stereocenters. The van der Waals surface area contributed by atoms with Crippen LogP contribution in [0.5, 0.6) is 0 Å². The summed E-state index contributed by atoms with van der Waals surface area (Å²) in [6.07, 6.45) is 4.17. The van der Waals surface area contributed by atoms with Gasteiger partial charge in [-0.15, -0.1) is 11.8 Å². The molecule has 0 N–H and O–H groups in total. The lowest BCUT2D eigenvalue weighted by atomic mass is 10.3. The Hall–Kier alpha value is -0.900. The molecule has 4 heteroatoms.